The number of halogens is 2. The summed E-state index contributed by atoms with van der Waals surface area (Å²) in [6.45, 7) is 0. The first-order chi connectivity index (χ1) is 7.27. The first-order valence-electron chi connectivity index (χ1n) is 4.62. The van der Waals surface area contributed by atoms with E-state index in [0.717, 1.165) is 0 Å². The zero-order valence-electron chi connectivity index (χ0n) is 7.72. The number of aromatic amines is 1. The second-order valence-corrected chi connectivity index (χ2v) is 5.70. The number of hydrogen-bond acceptors (Lipinski definition) is 0. The standard InChI is InChI=1S/C12H7I2N/c13-9-6-5-8-7-3-1-2-4-10(7)15-12(8)11(9)14/h1-6,15H. The lowest BCUT2D eigenvalue weighted by Gasteiger charge is -1.97. The van der Waals surface area contributed by atoms with E-state index in [1.54, 1.807) is 0 Å². The highest BCUT2D eigenvalue weighted by Gasteiger charge is 2.07. The van der Waals surface area contributed by atoms with Crippen molar-refractivity contribution in [1.82, 2.24) is 4.98 Å². The molecular formula is C12H7I2N. The Balaban J connectivity index is 2.60. The summed E-state index contributed by atoms with van der Waals surface area (Å²) in [6, 6.07) is 12.8. The largest absolute Gasteiger partial charge is 0.354 e. The molecule has 1 heterocycles. The zero-order valence-corrected chi connectivity index (χ0v) is 12.0. The lowest BCUT2D eigenvalue weighted by molar-refractivity contribution is 1.51. The van der Waals surface area contributed by atoms with Gasteiger partial charge in [0.1, 0.15) is 0 Å². The van der Waals surface area contributed by atoms with Gasteiger partial charge in [-0.25, -0.2) is 0 Å². The SMILES string of the molecule is Ic1ccc2c([nH]c3ccccc32)c1I. The van der Waals surface area contributed by atoms with Gasteiger partial charge >= 0.3 is 0 Å². The molecule has 0 aliphatic rings. The Morgan fingerprint density at radius 1 is 0.867 bits per heavy atom. The summed E-state index contributed by atoms with van der Waals surface area (Å²) in [4.78, 5) is 3.47. The summed E-state index contributed by atoms with van der Waals surface area (Å²) in [5, 5.41) is 2.62. The van der Waals surface area contributed by atoms with Gasteiger partial charge in [0.05, 0.1) is 9.09 Å². The number of fused-ring (bicyclic) bond motifs is 3. The Labute approximate surface area is 115 Å². The molecule has 0 atom stereocenters. The van der Waals surface area contributed by atoms with Crippen LogP contribution in [0.25, 0.3) is 21.8 Å². The summed E-state index contributed by atoms with van der Waals surface area (Å²) >= 11 is 4.77. The summed E-state index contributed by atoms with van der Waals surface area (Å²) in [7, 11) is 0. The Kier molecular flexibility index (Phi) is 2.39. The van der Waals surface area contributed by atoms with Gasteiger partial charge in [0.25, 0.3) is 0 Å². The second-order valence-electron chi connectivity index (χ2n) is 3.45. The molecule has 0 radical (unpaired) electrons. The van der Waals surface area contributed by atoms with Crippen molar-refractivity contribution in [3.63, 3.8) is 0 Å². The van der Waals surface area contributed by atoms with Crippen LogP contribution in [0.5, 0.6) is 0 Å². The van der Waals surface area contributed by atoms with Crippen LogP contribution in [-0.2, 0) is 0 Å². The van der Waals surface area contributed by atoms with E-state index in [4.69, 9.17) is 0 Å². The number of rotatable bonds is 0. The van der Waals surface area contributed by atoms with Gasteiger partial charge in [-0.05, 0) is 57.3 Å². The molecule has 0 bridgehead atoms. The van der Waals surface area contributed by atoms with Gasteiger partial charge < -0.3 is 4.98 Å². The molecule has 2 aromatic carbocycles. The fourth-order valence-corrected chi connectivity index (χ4v) is 2.91. The van der Waals surface area contributed by atoms with Crippen molar-refractivity contribution in [2.45, 2.75) is 0 Å². The number of nitrogens with one attached hydrogen (secondary N) is 1. The van der Waals surface area contributed by atoms with E-state index in [-0.39, 0.29) is 0 Å². The molecule has 3 rings (SSSR count). The van der Waals surface area contributed by atoms with Gasteiger partial charge in [0.2, 0.25) is 0 Å². The summed E-state index contributed by atoms with van der Waals surface area (Å²) in [5.74, 6) is 0. The van der Waals surface area contributed by atoms with Gasteiger partial charge in [-0.3, -0.25) is 0 Å². The number of H-pyrrole nitrogens is 1. The average molecular weight is 419 g/mol. The minimum atomic E-state index is 1.22. The third kappa shape index (κ3) is 1.47. The molecule has 3 heteroatoms. The molecule has 0 amide bonds. The fraction of sp³-hybridized carbons (Fsp3) is 0. The zero-order chi connectivity index (χ0) is 10.4. The van der Waals surface area contributed by atoms with E-state index in [0.29, 0.717) is 0 Å². The van der Waals surface area contributed by atoms with Crippen molar-refractivity contribution in [3.05, 3.63) is 43.5 Å². The molecule has 0 saturated heterocycles. The molecule has 0 saturated carbocycles. The highest BCUT2D eigenvalue weighted by molar-refractivity contribution is 14.1. The van der Waals surface area contributed by atoms with Crippen molar-refractivity contribution >= 4 is 67.0 Å². The molecule has 15 heavy (non-hydrogen) atoms. The maximum atomic E-state index is 3.47. The van der Waals surface area contributed by atoms with Gasteiger partial charge in [-0.15, -0.1) is 0 Å². The Hall–Kier alpha value is -0.300. The second kappa shape index (κ2) is 3.62. The number of hydrogen-bond donors (Lipinski definition) is 1. The predicted octanol–water partition coefficient (Wildman–Crippen LogP) is 4.53. The summed E-state index contributed by atoms with van der Waals surface area (Å²) < 4.78 is 2.61. The minimum Gasteiger partial charge on any atom is -0.354 e. The molecule has 0 spiro atoms. The van der Waals surface area contributed by atoms with Crippen LogP contribution in [0, 0.1) is 7.14 Å². The van der Waals surface area contributed by atoms with Crippen LogP contribution in [0.1, 0.15) is 0 Å². The topological polar surface area (TPSA) is 15.8 Å². The predicted molar refractivity (Wildman–Crippen MR) is 81.2 cm³/mol. The number of para-hydroxylation sites is 1. The van der Waals surface area contributed by atoms with E-state index in [1.165, 1.54) is 28.9 Å². The third-order valence-electron chi connectivity index (χ3n) is 2.57. The van der Waals surface area contributed by atoms with E-state index >= 15 is 0 Å². The van der Waals surface area contributed by atoms with Crippen LogP contribution in [0.2, 0.25) is 0 Å². The maximum absolute atomic E-state index is 3.47. The van der Waals surface area contributed by atoms with Crippen LogP contribution in [0.15, 0.2) is 36.4 Å². The van der Waals surface area contributed by atoms with Crippen molar-refractivity contribution in [2.24, 2.45) is 0 Å². The maximum Gasteiger partial charge on any atom is 0.0611 e. The Bertz CT molecular complexity index is 655. The quantitative estimate of drug-likeness (QED) is 0.516. The average Bonchev–Trinajstić information content (AvgIpc) is 2.63. The Morgan fingerprint density at radius 3 is 2.53 bits per heavy atom. The van der Waals surface area contributed by atoms with Crippen LogP contribution >= 0.6 is 45.2 Å². The van der Waals surface area contributed by atoms with Gasteiger partial charge in [0, 0.05) is 19.9 Å². The smallest absolute Gasteiger partial charge is 0.0611 e. The molecule has 1 nitrogen and oxygen atoms in total. The molecular weight excluding hydrogens is 412 g/mol. The minimum absolute atomic E-state index is 1.22. The first kappa shape index (κ1) is 9.89. The van der Waals surface area contributed by atoms with Crippen molar-refractivity contribution in [3.8, 4) is 0 Å². The van der Waals surface area contributed by atoms with Crippen LogP contribution < -0.4 is 0 Å². The van der Waals surface area contributed by atoms with Gasteiger partial charge in [-0.1, -0.05) is 24.3 Å². The highest BCUT2D eigenvalue weighted by atomic mass is 127. The molecule has 0 unspecified atom stereocenters. The number of aromatic nitrogens is 1. The van der Waals surface area contributed by atoms with Crippen molar-refractivity contribution in [1.29, 1.82) is 0 Å². The number of benzene rings is 2. The lowest BCUT2D eigenvalue weighted by Crippen LogP contribution is -1.80. The highest BCUT2D eigenvalue weighted by Crippen LogP contribution is 2.30. The van der Waals surface area contributed by atoms with Crippen LogP contribution in [-0.4, -0.2) is 4.98 Å². The van der Waals surface area contributed by atoms with Crippen LogP contribution in [0.3, 0.4) is 0 Å². The lowest BCUT2D eigenvalue weighted by atomic mass is 10.2. The molecule has 0 aliphatic heterocycles. The van der Waals surface area contributed by atoms with Gasteiger partial charge in [-0.2, -0.15) is 0 Å². The Morgan fingerprint density at radius 2 is 1.67 bits per heavy atom. The van der Waals surface area contributed by atoms with E-state index in [1.807, 2.05) is 0 Å². The molecule has 3 aromatic rings. The molecule has 1 aromatic heterocycles. The van der Waals surface area contributed by atoms with E-state index < -0.39 is 0 Å². The van der Waals surface area contributed by atoms with Crippen molar-refractivity contribution < 1.29 is 0 Å². The normalized spacial score (nSPS) is 11.3. The summed E-state index contributed by atoms with van der Waals surface area (Å²) in [6.07, 6.45) is 0. The van der Waals surface area contributed by atoms with E-state index in [2.05, 4.69) is 86.6 Å². The van der Waals surface area contributed by atoms with Crippen molar-refractivity contribution in [2.75, 3.05) is 0 Å². The molecule has 0 aliphatic carbocycles. The molecule has 1 N–H and O–H groups in total. The third-order valence-corrected chi connectivity index (χ3v) is 5.62. The summed E-state index contributed by atoms with van der Waals surface area (Å²) in [5.41, 5.74) is 2.47. The first-order valence-corrected chi connectivity index (χ1v) is 6.77. The van der Waals surface area contributed by atoms with Gasteiger partial charge in [0.15, 0.2) is 0 Å². The van der Waals surface area contributed by atoms with E-state index in [9.17, 15) is 0 Å². The monoisotopic (exact) mass is 419 g/mol. The molecule has 74 valence electrons. The van der Waals surface area contributed by atoms with Crippen LogP contribution in [0.4, 0.5) is 0 Å². The fourth-order valence-electron chi connectivity index (χ4n) is 1.86. The molecule has 0 fully saturated rings.